The maximum absolute atomic E-state index is 12.7. The van der Waals surface area contributed by atoms with Gasteiger partial charge in [0.2, 0.25) is 0 Å². The molecule has 1 amide bonds. The average molecular weight is 346 g/mol. The fourth-order valence-corrected chi connectivity index (χ4v) is 4.18. The predicted molar refractivity (Wildman–Crippen MR) is 101 cm³/mol. The maximum atomic E-state index is 12.7. The van der Waals surface area contributed by atoms with E-state index in [-0.39, 0.29) is 23.5 Å². The Morgan fingerprint density at radius 2 is 2.25 bits per heavy atom. The zero-order chi connectivity index (χ0) is 17.3. The smallest absolute Gasteiger partial charge is 0.253 e. The van der Waals surface area contributed by atoms with E-state index in [4.69, 9.17) is 4.74 Å². The van der Waals surface area contributed by atoms with Crippen molar-refractivity contribution in [2.45, 2.75) is 64.5 Å². The molecular weight excluding hydrogens is 318 g/mol. The van der Waals surface area contributed by atoms with E-state index in [0.29, 0.717) is 0 Å². The molecule has 1 saturated heterocycles. The molecule has 1 N–H and O–H groups in total. The number of carbonyl (C=O) groups is 1. The number of benzene rings is 1. The second kappa shape index (κ2) is 6.85. The van der Waals surface area contributed by atoms with Gasteiger partial charge in [-0.15, -0.1) is 11.3 Å². The van der Waals surface area contributed by atoms with Crippen LogP contribution in [-0.2, 0) is 10.2 Å². The zero-order valence-electron chi connectivity index (χ0n) is 15.0. The van der Waals surface area contributed by atoms with E-state index >= 15 is 0 Å². The number of amides is 1. The Labute approximate surface area is 148 Å². The summed E-state index contributed by atoms with van der Waals surface area (Å²) in [6.45, 7) is 9.58. The molecule has 1 fully saturated rings. The van der Waals surface area contributed by atoms with Gasteiger partial charge in [0.25, 0.3) is 5.91 Å². The van der Waals surface area contributed by atoms with E-state index < -0.39 is 0 Å². The number of carbonyl (C=O) groups excluding carboxylic acids is 1. The third kappa shape index (κ3) is 3.35. The van der Waals surface area contributed by atoms with Gasteiger partial charge in [-0.05, 0) is 43.2 Å². The van der Waals surface area contributed by atoms with Crippen LogP contribution in [0.25, 0.3) is 10.1 Å². The van der Waals surface area contributed by atoms with Crippen LogP contribution in [0.5, 0.6) is 0 Å². The Morgan fingerprint density at radius 1 is 1.46 bits per heavy atom. The summed E-state index contributed by atoms with van der Waals surface area (Å²) < 4.78 is 6.86. The Bertz CT molecular complexity index is 728. The summed E-state index contributed by atoms with van der Waals surface area (Å²) >= 11 is 1.65. The van der Waals surface area contributed by atoms with Crippen molar-refractivity contribution in [3.63, 3.8) is 0 Å². The number of hydrogen-bond acceptors (Lipinski definition) is 3. The van der Waals surface area contributed by atoms with Gasteiger partial charge in [0.15, 0.2) is 0 Å². The van der Waals surface area contributed by atoms with Crippen LogP contribution in [0.15, 0.2) is 23.6 Å². The second-order valence-electron chi connectivity index (χ2n) is 7.41. The van der Waals surface area contributed by atoms with Gasteiger partial charge in [0.1, 0.15) is 0 Å². The van der Waals surface area contributed by atoms with E-state index in [0.717, 1.165) is 36.8 Å². The summed E-state index contributed by atoms with van der Waals surface area (Å²) in [6.07, 6.45) is 3.36. The maximum Gasteiger partial charge on any atom is 0.253 e. The van der Waals surface area contributed by atoms with Crippen LogP contribution in [-0.4, -0.2) is 24.7 Å². The monoisotopic (exact) mass is 345 g/mol. The molecule has 1 aromatic heterocycles. The van der Waals surface area contributed by atoms with Crippen LogP contribution >= 0.6 is 11.3 Å². The van der Waals surface area contributed by atoms with E-state index in [1.165, 1.54) is 10.3 Å². The van der Waals surface area contributed by atoms with E-state index in [1.807, 2.05) is 12.3 Å². The van der Waals surface area contributed by atoms with Crippen LogP contribution in [0.1, 0.15) is 62.9 Å². The van der Waals surface area contributed by atoms with Gasteiger partial charge < -0.3 is 10.1 Å². The zero-order valence-corrected chi connectivity index (χ0v) is 15.8. The predicted octanol–water partition coefficient (Wildman–Crippen LogP) is 4.89. The quantitative estimate of drug-likeness (QED) is 0.838. The highest BCUT2D eigenvalue weighted by atomic mass is 32.1. The van der Waals surface area contributed by atoms with Gasteiger partial charge in [-0.3, -0.25) is 4.79 Å². The molecular formula is C20H27NO2S. The fraction of sp³-hybridized carbons (Fsp3) is 0.550. The van der Waals surface area contributed by atoms with Crippen LogP contribution in [0.2, 0.25) is 0 Å². The molecule has 0 saturated carbocycles. The lowest BCUT2D eigenvalue weighted by Crippen LogP contribution is -2.40. The third-order valence-electron chi connectivity index (χ3n) is 5.37. The lowest BCUT2D eigenvalue weighted by Gasteiger charge is -2.23. The SMILES string of the molecule is CCC(C)(C)c1ccc2c(C(=O)N[C@H](C)[C@@H]3CCCO3)csc2c1. The molecule has 3 nitrogen and oxygen atoms in total. The Kier molecular flexibility index (Phi) is 4.97. The summed E-state index contributed by atoms with van der Waals surface area (Å²) in [6, 6.07) is 6.56. The van der Waals surface area contributed by atoms with Crippen LogP contribution in [0.4, 0.5) is 0 Å². The highest BCUT2D eigenvalue weighted by Gasteiger charge is 2.25. The van der Waals surface area contributed by atoms with E-state index in [9.17, 15) is 4.79 Å². The third-order valence-corrected chi connectivity index (χ3v) is 6.31. The van der Waals surface area contributed by atoms with Crippen molar-refractivity contribution in [1.29, 1.82) is 0 Å². The van der Waals surface area contributed by atoms with Gasteiger partial charge in [0, 0.05) is 22.1 Å². The fourth-order valence-electron chi connectivity index (χ4n) is 3.20. The van der Waals surface area contributed by atoms with E-state index in [1.54, 1.807) is 11.3 Å². The first-order valence-electron chi connectivity index (χ1n) is 8.86. The molecule has 2 heterocycles. The number of rotatable bonds is 5. The van der Waals surface area contributed by atoms with Crippen molar-refractivity contribution < 1.29 is 9.53 Å². The Morgan fingerprint density at radius 3 is 2.92 bits per heavy atom. The van der Waals surface area contributed by atoms with Gasteiger partial charge in [-0.25, -0.2) is 0 Å². The van der Waals surface area contributed by atoms with Crippen LogP contribution in [0.3, 0.4) is 0 Å². The molecule has 1 aliphatic heterocycles. The Hall–Kier alpha value is -1.39. The molecule has 130 valence electrons. The first-order valence-corrected chi connectivity index (χ1v) is 9.74. The number of nitrogens with one attached hydrogen (secondary N) is 1. The topological polar surface area (TPSA) is 38.3 Å². The second-order valence-corrected chi connectivity index (χ2v) is 8.32. The standard InChI is InChI=1S/C20H27NO2S/c1-5-20(3,4)14-8-9-15-16(12-24-18(15)11-14)19(22)21-13(2)17-7-6-10-23-17/h8-9,11-13,17H,5-7,10H2,1-4H3,(H,21,22)/t13-,17+/m1/s1. The van der Waals surface area contributed by atoms with Crippen molar-refractivity contribution in [3.05, 3.63) is 34.7 Å². The molecule has 24 heavy (non-hydrogen) atoms. The van der Waals surface area contributed by atoms with Crippen molar-refractivity contribution >= 4 is 27.3 Å². The highest BCUT2D eigenvalue weighted by molar-refractivity contribution is 7.17. The van der Waals surface area contributed by atoms with Crippen LogP contribution in [0, 0.1) is 0 Å². The van der Waals surface area contributed by atoms with Gasteiger partial charge in [-0.1, -0.05) is 32.9 Å². The average Bonchev–Trinajstić information content (AvgIpc) is 3.23. The minimum atomic E-state index is 0.00625. The highest BCUT2D eigenvalue weighted by Crippen LogP contribution is 2.33. The molecule has 1 aliphatic rings. The molecule has 1 aromatic carbocycles. The van der Waals surface area contributed by atoms with Crippen molar-refractivity contribution in [2.75, 3.05) is 6.61 Å². The molecule has 3 rings (SSSR count). The van der Waals surface area contributed by atoms with E-state index in [2.05, 4.69) is 44.3 Å². The molecule has 2 atom stereocenters. The van der Waals surface area contributed by atoms with Crippen molar-refractivity contribution in [1.82, 2.24) is 5.32 Å². The number of fused-ring (bicyclic) bond motifs is 1. The first-order chi connectivity index (χ1) is 11.4. The number of thiophene rings is 1. The lowest BCUT2D eigenvalue weighted by atomic mass is 9.82. The lowest BCUT2D eigenvalue weighted by molar-refractivity contribution is 0.0713. The molecule has 0 bridgehead atoms. The van der Waals surface area contributed by atoms with Crippen molar-refractivity contribution in [2.24, 2.45) is 0 Å². The summed E-state index contributed by atoms with van der Waals surface area (Å²) in [5.41, 5.74) is 2.27. The van der Waals surface area contributed by atoms with Crippen molar-refractivity contribution in [3.8, 4) is 0 Å². The van der Waals surface area contributed by atoms with Gasteiger partial charge in [0.05, 0.1) is 17.7 Å². The number of hydrogen-bond donors (Lipinski definition) is 1. The molecule has 2 aromatic rings. The van der Waals surface area contributed by atoms with Gasteiger partial charge in [-0.2, -0.15) is 0 Å². The minimum absolute atomic E-state index is 0.00625. The minimum Gasteiger partial charge on any atom is -0.376 e. The molecule has 4 heteroatoms. The summed E-state index contributed by atoms with van der Waals surface area (Å²) in [5, 5.41) is 6.14. The molecule has 0 unspecified atom stereocenters. The van der Waals surface area contributed by atoms with Crippen LogP contribution < -0.4 is 5.32 Å². The summed E-state index contributed by atoms with van der Waals surface area (Å²) in [4.78, 5) is 12.7. The molecule has 0 aliphatic carbocycles. The molecule has 0 radical (unpaired) electrons. The summed E-state index contributed by atoms with van der Waals surface area (Å²) in [5.74, 6) is 0.00625. The first kappa shape index (κ1) is 17.4. The molecule has 0 spiro atoms. The summed E-state index contributed by atoms with van der Waals surface area (Å²) in [7, 11) is 0. The Balaban J connectivity index is 1.81. The normalized spacial score (nSPS) is 19.6. The van der Waals surface area contributed by atoms with Gasteiger partial charge >= 0.3 is 0 Å². The largest absolute Gasteiger partial charge is 0.376 e. The number of ether oxygens (including phenoxy) is 1.